The lowest BCUT2D eigenvalue weighted by Gasteiger charge is -2.37. The molecule has 5 heterocycles. The Hall–Kier alpha value is -2.26. The van der Waals surface area contributed by atoms with Gasteiger partial charge in [-0.3, -0.25) is 0 Å². The predicted octanol–water partition coefficient (Wildman–Crippen LogP) is 3.37. The van der Waals surface area contributed by atoms with Crippen LogP contribution in [0.4, 0.5) is 10.5 Å². The summed E-state index contributed by atoms with van der Waals surface area (Å²) in [6, 6.07) is 4.17. The molecule has 0 atom stereocenters. The Balaban J connectivity index is 1.32. The maximum atomic E-state index is 12.3. The average molecular weight is 416 g/mol. The molecule has 1 amide bonds. The minimum Gasteiger partial charge on any atom is -0.444 e. The Morgan fingerprint density at radius 1 is 1.29 bits per heavy atom. The van der Waals surface area contributed by atoms with Gasteiger partial charge in [-0.1, -0.05) is 0 Å². The van der Waals surface area contributed by atoms with Gasteiger partial charge in [0.1, 0.15) is 11.8 Å². The molecule has 2 aliphatic heterocycles. The van der Waals surface area contributed by atoms with Gasteiger partial charge >= 0.3 is 6.09 Å². The number of amides is 1. The molecule has 5 rings (SSSR count). The van der Waals surface area contributed by atoms with Crippen LogP contribution in [0.5, 0.6) is 0 Å². The molecule has 1 N–H and O–H groups in total. The molecule has 0 saturated carbocycles. The van der Waals surface area contributed by atoms with Gasteiger partial charge in [-0.05, 0) is 19.1 Å². The average Bonchev–Trinajstić information content (AvgIpc) is 3.30. The first-order chi connectivity index (χ1) is 13.7. The highest BCUT2D eigenvalue weighted by atomic mass is 32.2. The Morgan fingerprint density at radius 2 is 2.11 bits per heavy atom. The number of aromatic nitrogens is 3. The second-order valence-corrected chi connectivity index (χ2v) is 9.18. The van der Waals surface area contributed by atoms with E-state index in [4.69, 9.17) is 4.74 Å². The van der Waals surface area contributed by atoms with Crippen molar-refractivity contribution in [2.45, 2.75) is 13.0 Å². The molecule has 0 bridgehead atoms. The van der Waals surface area contributed by atoms with Crippen LogP contribution in [0.15, 0.2) is 23.7 Å². The van der Waals surface area contributed by atoms with Crippen molar-refractivity contribution in [2.24, 2.45) is 0 Å². The number of carbonyl (C=O) groups is 1. The third kappa shape index (κ3) is 3.33. The van der Waals surface area contributed by atoms with Gasteiger partial charge in [-0.2, -0.15) is 11.8 Å². The normalized spacial score (nSPS) is 17.8. The fourth-order valence-corrected chi connectivity index (χ4v) is 4.72. The zero-order valence-corrected chi connectivity index (χ0v) is 17.2. The third-order valence-corrected chi connectivity index (χ3v) is 7.15. The highest BCUT2D eigenvalue weighted by molar-refractivity contribution is 8.00. The molecule has 2 aliphatic rings. The summed E-state index contributed by atoms with van der Waals surface area (Å²) < 4.78 is 5.52. The van der Waals surface area contributed by atoms with Gasteiger partial charge in [0.2, 0.25) is 0 Å². The molecule has 9 heteroatoms. The lowest BCUT2D eigenvalue weighted by Crippen LogP contribution is -2.50. The topological polar surface area (TPSA) is 74.3 Å². The lowest BCUT2D eigenvalue weighted by atomic mass is 10.2. The molecule has 0 aromatic carbocycles. The Kier molecular flexibility index (Phi) is 4.64. The number of aromatic amines is 1. The van der Waals surface area contributed by atoms with Crippen molar-refractivity contribution in [3.63, 3.8) is 0 Å². The van der Waals surface area contributed by atoms with Crippen LogP contribution in [0.25, 0.3) is 22.4 Å². The van der Waals surface area contributed by atoms with Crippen molar-refractivity contribution >= 4 is 45.9 Å². The number of pyridine rings is 1. The number of fused-ring (bicyclic) bond motifs is 1. The standard InChI is InChI=1S/C19H21N5O2S2/c1-12-21-16(11-28-12)15-8-14-17(2-3-20-18(14)22-15)23-4-6-24(7-5-23)19(25)26-13-9-27-10-13/h2-3,8,11,13H,4-7,9-10H2,1H3,(H,20,22). The molecular weight excluding hydrogens is 394 g/mol. The number of aryl methyl sites for hydroxylation is 1. The molecule has 0 aliphatic carbocycles. The van der Waals surface area contributed by atoms with Crippen LogP contribution in [0, 0.1) is 6.92 Å². The molecule has 3 aromatic rings. The number of rotatable bonds is 3. The van der Waals surface area contributed by atoms with Gasteiger partial charge in [0.25, 0.3) is 0 Å². The second-order valence-electron chi connectivity index (χ2n) is 7.04. The van der Waals surface area contributed by atoms with Crippen LogP contribution in [0.1, 0.15) is 5.01 Å². The number of piperazine rings is 1. The van der Waals surface area contributed by atoms with E-state index < -0.39 is 0 Å². The summed E-state index contributed by atoms with van der Waals surface area (Å²) in [6.07, 6.45) is 1.76. The Bertz CT molecular complexity index is 1000. The first-order valence-electron chi connectivity index (χ1n) is 9.36. The molecule has 0 spiro atoms. The molecule has 2 saturated heterocycles. The first kappa shape index (κ1) is 17.8. The van der Waals surface area contributed by atoms with Gasteiger partial charge in [-0.25, -0.2) is 14.8 Å². The number of hydrogen-bond acceptors (Lipinski definition) is 7. The van der Waals surface area contributed by atoms with Crippen molar-refractivity contribution < 1.29 is 9.53 Å². The SMILES string of the molecule is Cc1nc(-c2cc3c(N4CCN(C(=O)OC5CSC5)CC4)ccnc3[nH]2)cs1. The minimum atomic E-state index is -0.173. The van der Waals surface area contributed by atoms with Gasteiger partial charge in [0.15, 0.2) is 0 Å². The zero-order valence-electron chi connectivity index (χ0n) is 15.6. The lowest BCUT2D eigenvalue weighted by molar-refractivity contribution is 0.0746. The molecule has 3 aromatic heterocycles. The Morgan fingerprint density at radius 3 is 2.79 bits per heavy atom. The van der Waals surface area contributed by atoms with Crippen LogP contribution < -0.4 is 4.90 Å². The summed E-state index contributed by atoms with van der Waals surface area (Å²) >= 11 is 3.46. The quantitative estimate of drug-likeness (QED) is 0.707. The summed E-state index contributed by atoms with van der Waals surface area (Å²) in [7, 11) is 0. The molecule has 0 unspecified atom stereocenters. The molecule has 146 valence electrons. The first-order valence-corrected chi connectivity index (χ1v) is 11.4. The van der Waals surface area contributed by atoms with Crippen molar-refractivity contribution in [3.8, 4) is 11.4 Å². The minimum absolute atomic E-state index is 0.1000. The number of hydrogen-bond donors (Lipinski definition) is 1. The largest absolute Gasteiger partial charge is 0.444 e. The number of thioether (sulfide) groups is 1. The zero-order chi connectivity index (χ0) is 19.1. The van der Waals surface area contributed by atoms with E-state index in [2.05, 4.69) is 31.3 Å². The number of ether oxygens (including phenoxy) is 1. The van der Waals surface area contributed by atoms with Crippen molar-refractivity contribution in [2.75, 3.05) is 42.6 Å². The fourth-order valence-electron chi connectivity index (χ4n) is 3.54. The fraction of sp³-hybridized carbons (Fsp3) is 0.421. The summed E-state index contributed by atoms with van der Waals surface area (Å²) in [5.74, 6) is 1.85. The van der Waals surface area contributed by atoms with Gasteiger partial charge in [-0.15, -0.1) is 11.3 Å². The van der Waals surface area contributed by atoms with E-state index in [0.717, 1.165) is 57.7 Å². The highest BCUT2D eigenvalue weighted by Crippen LogP contribution is 2.31. The maximum absolute atomic E-state index is 12.3. The van der Waals surface area contributed by atoms with Crippen LogP contribution >= 0.6 is 23.1 Å². The van der Waals surface area contributed by atoms with E-state index in [1.165, 1.54) is 0 Å². The number of nitrogens with zero attached hydrogens (tertiary/aromatic N) is 4. The molecule has 7 nitrogen and oxygen atoms in total. The summed E-state index contributed by atoms with van der Waals surface area (Å²) in [5.41, 5.74) is 3.94. The summed E-state index contributed by atoms with van der Waals surface area (Å²) in [4.78, 5) is 28.9. The van der Waals surface area contributed by atoms with Crippen LogP contribution in [0.2, 0.25) is 0 Å². The van der Waals surface area contributed by atoms with Gasteiger partial charge < -0.3 is 19.5 Å². The summed E-state index contributed by atoms with van der Waals surface area (Å²) in [5, 5.41) is 4.20. The Labute approximate surface area is 171 Å². The van der Waals surface area contributed by atoms with E-state index in [1.807, 2.05) is 35.8 Å². The number of anilines is 1. The number of nitrogens with one attached hydrogen (secondary N) is 1. The molecule has 2 fully saturated rings. The molecule has 0 radical (unpaired) electrons. The van der Waals surface area contributed by atoms with Gasteiger partial charge in [0.05, 0.1) is 16.4 Å². The maximum Gasteiger partial charge on any atom is 0.410 e. The van der Waals surface area contributed by atoms with Gasteiger partial charge in [0, 0.05) is 60.3 Å². The van der Waals surface area contributed by atoms with E-state index in [-0.39, 0.29) is 12.2 Å². The predicted molar refractivity (Wildman–Crippen MR) is 113 cm³/mol. The second kappa shape index (κ2) is 7.29. The molecular formula is C19H21N5O2S2. The van der Waals surface area contributed by atoms with Crippen molar-refractivity contribution in [3.05, 3.63) is 28.7 Å². The smallest absolute Gasteiger partial charge is 0.410 e. The monoisotopic (exact) mass is 415 g/mol. The number of carbonyl (C=O) groups excluding carboxylic acids is 1. The summed E-state index contributed by atoms with van der Waals surface area (Å²) in [6.45, 7) is 4.92. The number of H-pyrrole nitrogens is 1. The van der Waals surface area contributed by atoms with E-state index in [9.17, 15) is 4.79 Å². The van der Waals surface area contributed by atoms with Crippen molar-refractivity contribution in [1.29, 1.82) is 0 Å². The van der Waals surface area contributed by atoms with Crippen LogP contribution in [0.3, 0.4) is 0 Å². The van der Waals surface area contributed by atoms with Crippen LogP contribution in [-0.2, 0) is 4.74 Å². The van der Waals surface area contributed by atoms with Crippen molar-refractivity contribution in [1.82, 2.24) is 19.9 Å². The highest BCUT2D eigenvalue weighted by Gasteiger charge is 2.28. The van der Waals surface area contributed by atoms with E-state index in [1.54, 1.807) is 11.3 Å². The van der Waals surface area contributed by atoms with Crippen LogP contribution in [-0.4, -0.2) is 69.7 Å². The van der Waals surface area contributed by atoms with E-state index in [0.29, 0.717) is 13.1 Å². The number of thiazole rings is 1. The molecule has 28 heavy (non-hydrogen) atoms. The van der Waals surface area contributed by atoms with E-state index >= 15 is 0 Å². The third-order valence-electron chi connectivity index (χ3n) is 5.16.